The van der Waals surface area contributed by atoms with Gasteiger partial charge in [-0.2, -0.15) is 0 Å². The van der Waals surface area contributed by atoms with Crippen molar-refractivity contribution in [2.45, 2.75) is 63.2 Å². The van der Waals surface area contributed by atoms with Gasteiger partial charge in [-0.25, -0.2) is 4.90 Å². The van der Waals surface area contributed by atoms with Crippen molar-refractivity contribution < 1.29 is 52.6 Å². The largest absolute Gasteiger partial charge is 0.486 e. The molecule has 5 aromatic rings. The summed E-state index contributed by atoms with van der Waals surface area (Å²) in [6.45, 7) is 4.87. The number of nitrogens with one attached hydrogen (secondary N) is 1. The minimum Gasteiger partial charge on any atom is -0.486 e. The van der Waals surface area contributed by atoms with Crippen LogP contribution in [0.1, 0.15) is 72.5 Å². The molecule has 6 aliphatic heterocycles. The van der Waals surface area contributed by atoms with Gasteiger partial charge in [-0.05, 0) is 83.5 Å². The van der Waals surface area contributed by atoms with Crippen molar-refractivity contribution in [2.24, 2.45) is 0 Å². The summed E-state index contributed by atoms with van der Waals surface area (Å²) in [7, 11) is 0. The number of cyclic esters (lactones) is 1. The monoisotopic (exact) mass is 899 g/mol. The Hall–Kier alpha value is -6.32. The second-order valence-electron chi connectivity index (χ2n) is 16.7. The van der Waals surface area contributed by atoms with Crippen LogP contribution < -0.4 is 33.7 Å². The molecule has 346 valence electrons. The lowest BCUT2D eigenvalue weighted by Crippen LogP contribution is -2.49. The fraction of sp³-hybridized carbons (Fsp3) is 0.385. The van der Waals surface area contributed by atoms with E-state index in [-0.39, 0.29) is 44.6 Å². The van der Waals surface area contributed by atoms with Crippen LogP contribution in [-0.2, 0) is 25.5 Å². The van der Waals surface area contributed by atoms with Gasteiger partial charge in [0.2, 0.25) is 5.91 Å². The molecule has 6 heterocycles. The Bertz CT molecular complexity index is 2450. The Balaban J connectivity index is 0.000000168. The topological polar surface area (TPSA) is 147 Å². The van der Waals surface area contributed by atoms with Gasteiger partial charge >= 0.3 is 5.97 Å². The molecule has 1 amide bonds. The number of fused-ring (bicyclic) bond motifs is 4. The lowest BCUT2D eigenvalue weighted by atomic mass is 9.96. The van der Waals surface area contributed by atoms with Crippen LogP contribution in [0.25, 0.3) is 0 Å². The molecule has 0 saturated carbocycles. The molecule has 14 heteroatoms. The number of esters is 1. The maximum Gasteiger partial charge on any atom is 0.326 e. The van der Waals surface area contributed by atoms with E-state index in [9.17, 15) is 14.7 Å². The van der Waals surface area contributed by atoms with E-state index in [1.54, 1.807) is 0 Å². The van der Waals surface area contributed by atoms with Crippen LogP contribution in [0.2, 0.25) is 0 Å². The molecule has 2 unspecified atom stereocenters. The van der Waals surface area contributed by atoms with Crippen LogP contribution in [-0.4, -0.2) is 105 Å². The molecule has 2 N–H and O–H groups in total. The van der Waals surface area contributed by atoms with Crippen molar-refractivity contribution in [3.63, 3.8) is 0 Å². The van der Waals surface area contributed by atoms with Gasteiger partial charge in [-0.15, -0.1) is 0 Å². The molecule has 0 radical (unpaired) electrons. The van der Waals surface area contributed by atoms with Gasteiger partial charge in [0.15, 0.2) is 34.5 Å². The zero-order valence-electron chi connectivity index (χ0n) is 36.1. The van der Waals surface area contributed by atoms with Gasteiger partial charge in [0, 0.05) is 13.1 Å². The molecule has 5 aromatic carbocycles. The highest BCUT2D eigenvalue weighted by atomic mass is 16.6. The highest BCUT2D eigenvalue weighted by Crippen LogP contribution is 2.51. The molecular formula is C52H57N3O11. The summed E-state index contributed by atoms with van der Waals surface area (Å²) in [6, 6.07) is 35.7. The SMILES string of the molecule is C.O=C([C@H](Cc1ccc2c(c1)OCCO2)NC(CO)c1ccccc1)N1CCCC1.O=C1OC[C@H](c2ccccc2)N2C1[C@@H](c1ccc3c(c1)OCCO3)O[C@H]2c1ccc2c(c1)OCCO2. The van der Waals surface area contributed by atoms with E-state index in [0.29, 0.717) is 69.1 Å². The summed E-state index contributed by atoms with van der Waals surface area (Å²) in [6.07, 6.45) is 1.56. The number of carbonyl (C=O) groups excluding carboxylic acids is 2. The van der Waals surface area contributed by atoms with Gasteiger partial charge < -0.3 is 47.9 Å². The highest BCUT2D eigenvalue weighted by molar-refractivity contribution is 5.82. The maximum atomic E-state index is 13.3. The molecule has 66 heavy (non-hydrogen) atoms. The molecule has 11 rings (SSSR count). The van der Waals surface area contributed by atoms with Crippen LogP contribution in [0.3, 0.4) is 0 Å². The Labute approximate surface area is 385 Å². The molecule has 0 spiro atoms. The van der Waals surface area contributed by atoms with Crippen LogP contribution in [0.5, 0.6) is 34.5 Å². The Morgan fingerprint density at radius 1 is 0.636 bits per heavy atom. The number of aliphatic hydroxyl groups is 1. The van der Waals surface area contributed by atoms with Crippen LogP contribution >= 0.6 is 0 Å². The van der Waals surface area contributed by atoms with E-state index in [1.165, 1.54) is 0 Å². The van der Waals surface area contributed by atoms with E-state index in [4.69, 9.17) is 37.9 Å². The van der Waals surface area contributed by atoms with Crippen molar-refractivity contribution in [1.82, 2.24) is 15.1 Å². The van der Waals surface area contributed by atoms with E-state index < -0.39 is 24.4 Å². The van der Waals surface area contributed by atoms with E-state index in [0.717, 1.165) is 65.2 Å². The van der Waals surface area contributed by atoms with Crippen molar-refractivity contribution >= 4 is 11.9 Å². The van der Waals surface area contributed by atoms with E-state index in [1.807, 2.05) is 108 Å². The number of ether oxygens (including phenoxy) is 8. The molecule has 0 aliphatic carbocycles. The number of morpholine rings is 1. The number of rotatable bonds is 10. The molecule has 6 aliphatic rings. The molecular weight excluding hydrogens is 843 g/mol. The number of nitrogens with zero attached hydrogens (tertiary/aromatic N) is 2. The Morgan fingerprint density at radius 2 is 1.18 bits per heavy atom. The highest BCUT2D eigenvalue weighted by Gasteiger charge is 2.54. The fourth-order valence-electron chi connectivity index (χ4n) is 9.43. The summed E-state index contributed by atoms with van der Waals surface area (Å²) in [4.78, 5) is 30.6. The maximum absolute atomic E-state index is 13.3. The fourth-order valence-corrected chi connectivity index (χ4v) is 9.43. The zero-order valence-corrected chi connectivity index (χ0v) is 36.1. The number of benzene rings is 5. The summed E-state index contributed by atoms with van der Waals surface area (Å²) in [5.74, 6) is 3.99. The number of carbonyl (C=O) groups is 2. The van der Waals surface area contributed by atoms with E-state index >= 15 is 0 Å². The molecule has 0 aromatic heterocycles. The van der Waals surface area contributed by atoms with Crippen LogP contribution in [0.4, 0.5) is 0 Å². The first-order valence-corrected chi connectivity index (χ1v) is 22.5. The summed E-state index contributed by atoms with van der Waals surface area (Å²) in [5, 5.41) is 13.4. The number of amides is 1. The first kappa shape index (κ1) is 44.9. The predicted octanol–water partition coefficient (Wildman–Crippen LogP) is 6.92. The number of hydrogen-bond donors (Lipinski definition) is 2. The number of aliphatic hydroxyl groups excluding tert-OH is 1. The van der Waals surface area contributed by atoms with Crippen molar-refractivity contribution in [2.75, 3.05) is 65.9 Å². The first-order chi connectivity index (χ1) is 32.0. The van der Waals surface area contributed by atoms with Crippen molar-refractivity contribution in [3.05, 3.63) is 143 Å². The third kappa shape index (κ3) is 9.50. The van der Waals surface area contributed by atoms with Gasteiger partial charge in [-0.1, -0.05) is 86.3 Å². The molecule has 6 atom stereocenters. The molecule has 0 bridgehead atoms. The lowest BCUT2D eigenvalue weighted by molar-refractivity contribution is -0.163. The minimum atomic E-state index is -0.635. The zero-order chi connectivity index (χ0) is 44.1. The van der Waals surface area contributed by atoms with Crippen molar-refractivity contribution in [1.29, 1.82) is 0 Å². The third-order valence-electron chi connectivity index (χ3n) is 12.6. The third-order valence-corrected chi connectivity index (χ3v) is 12.6. The Kier molecular flexibility index (Phi) is 13.9. The van der Waals surface area contributed by atoms with Gasteiger partial charge in [0.25, 0.3) is 0 Å². The molecule has 3 saturated heterocycles. The van der Waals surface area contributed by atoms with Crippen molar-refractivity contribution in [3.8, 4) is 34.5 Å². The summed E-state index contributed by atoms with van der Waals surface area (Å²) >= 11 is 0. The minimum absolute atomic E-state index is 0. The molecule has 3 fully saturated rings. The standard InChI is InChI=1S/C28H25NO7.C23H28N2O4.CH4/c30-28-25-26(18-6-8-21-23(14-18)33-12-10-31-21)36-27(19-7-9-22-24(15-19)34-13-11-32-22)29(25)20(16-35-28)17-4-2-1-3-5-17;26-16-20(18-6-2-1-3-7-18)24-19(23(27)25-10-4-5-11-25)14-17-8-9-21-22(15-17)29-13-12-28-21;/h1-9,14-15,20,25-27H,10-13,16H2;1-3,6-9,15,19-20,24,26H,4-5,10-14,16H2;1H4/t20-,25?,26-,27+;19-,20?;/m10./s1. The number of likely N-dealkylation sites (tertiary alicyclic amines) is 1. The Morgan fingerprint density at radius 3 is 1.80 bits per heavy atom. The van der Waals surface area contributed by atoms with Gasteiger partial charge in [0.1, 0.15) is 64.6 Å². The first-order valence-electron chi connectivity index (χ1n) is 22.5. The van der Waals surface area contributed by atoms with Gasteiger partial charge in [0.05, 0.1) is 24.7 Å². The lowest BCUT2D eigenvalue weighted by Gasteiger charge is -2.39. The quantitative estimate of drug-likeness (QED) is 0.140. The van der Waals surface area contributed by atoms with E-state index in [2.05, 4.69) is 22.3 Å². The normalized spacial score (nSPS) is 22.4. The average molecular weight is 900 g/mol. The number of hydrogen-bond acceptors (Lipinski definition) is 13. The predicted molar refractivity (Wildman–Crippen MR) is 244 cm³/mol. The smallest absolute Gasteiger partial charge is 0.326 e. The average Bonchev–Trinajstić information content (AvgIpc) is 4.06. The molecule has 14 nitrogen and oxygen atoms in total. The van der Waals surface area contributed by atoms with Crippen LogP contribution in [0, 0.1) is 0 Å². The summed E-state index contributed by atoms with van der Waals surface area (Å²) in [5.41, 5.74) is 4.75. The summed E-state index contributed by atoms with van der Waals surface area (Å²) < 4.78 is 46.8. The second kappa shape index (κ2) is 20.5. The van der Waals surface area contributed by atoms with Crippen LogP contribution in [0.15, 0.2) is 115 Å². The second-order valence-corrected chi connectivity index (χ2v) is 16.7. The van der Waals surface area contributed by atoms with Gasteiger partial charge in [-0.3, -0.25) is 14.9 Å².